The van der Waals surface area contributed by atoms with E-state index in [0.29, 0.717) is 6.61 Å². The summed E-state index contributed by atoms with van der Waals surface area (Å²) in [6.45, 7) is 1.71. The minimum absolute atomic E-state index is 0.0129. The minimum atomic E-state index is -1.04. The maximum atomic E-state index is 10.1. The molecule has 10 atom stereocenters. The maximum absolute atomic E-state index is 10.1. The Morgan fingerprint density at radius 2 is 0.547 bits per heavy atom. The van der Waals surface area contributed by atoms with Crippen molar-refractivity contribution in [3.8, 4) is 0 Å². The normalized spacial score (nSPS) is 23.7. The van der Waals surface area contributed by atoms with Gasteiger partial charge in [0.25, 0.3) is 0 Å². The molecule has 7 aromatic rings. The summed E-state index contributed by atoms with van der Waals surface area (Å²) in [6.07, 6.45) is -8.09. The van der Waals surface area contributed by atoms with E-state index in [0.717, 1.165) is 38.9 Å². The molecule has 0 spiro atoms. The highest BCUT2D eigenvalue weighted by Gasteiger charge is 2.52. The molecule has 2 aliphatic rings. The van der Waals surface area contributed by atoms with Crippen LogP contribution in [0.4, 0.5) is 0 Å². The van der Waals surface area contributed by atoms with E-state index in [1.54, 1.807) is 0 Å². The molecular formula is C63H68O12. The van der Waals surface area contributed by atoms with Gasteiger partial charge in [-0.05, 0) is 38.9 Å². The highest BCUT2D eigenvalue weighted by Crippen LogP contribution is 2.35. The number of rotatable bonds is 28. The monoisotopic (exact) mass is 1020 g/mol. The lowest BCUT2D eigenvalue weighted by atomic mass is 9.96. The smallest absolute Gasteiger partial charge is 0.187 e. The molecule has 2 heterocycles. The molecule has 75 heavy (non-hydrogen) atoms. The van der Waals surface area contributed by atoms with Crippen LogP contribution in [0.1, 0.15) is 38.9 Å². The molecule has 10 unspecified atom stereocenters. The van der Waals surface area contributed by atoms with Crippen LogP contribution in [0.25, 0.3) is 0 Å². The van der Waals surface area contributed by atoms with Crippen molar-refractivity contribution in [2.75, 3.05) is 26.4 Å². The molecule has 0 bridgehead atoms. The first-order valence-electron chi connectivity index (χ1n) is 25.9. The van der Waals surface area contributed by atoms with Crippen LogP contribution in [-0.4, -0.2) is 92.9 Å². The van der Waals surface area contributed by atoms with Gasteiger partial charge in [0.15, 0.2) is 12.6 Å². The van der Waals surface area contributed by atoms with Gasteiger partial charge in [0.05, 0.1) is 72.7 Å². The first-order chi connectivity index (χ1) is 37.2. The number of hydrogen-bond donors (Lipinski definition) is 1. The van der Waals surface area contributed by atoms with Crippen molar-refractivity contribution in [3.05, 3.63) is 251 Å². The Labute approximate surface area is 440 Å². The van der Waals surface area contributed by atoms with Crippen molar-refractivity contribution in [1.29, 1.82) is 0 Å². The Balaban J connectivity index is 1.06. The van der Waals surface area contributed by atoms with Crippen LogP contribution in [0.5, 0.6) is 0 Å². The van der Waals surface area contributed by atoms with E-state index in [1.807, 2.05) is 212 Å². The standard InChI is InChI=1S/C63H68O12/c64-36-37-66-62-60(71-43-52-32-18-6-19-33-52)59(70-42-51-30-16-5-17-31-51)57(68-40-49-26-12-3-13-27-49)55(75-62)46-73-63-61(72-44-53-34-20-7-21-35-53)58(69-41-50-28-14-4-15-29-50)56(67-39-48-24-10-2-11-25-48)54(74-63)45-65-38-47-22-8-1-9-23-47/h1-35,54-64H,36-46H2. The number of ether oxygens (including phenoxy) is 11. The first kappa shape index (κ1) is 53.9. The third kappa shape index (κ3) is 16.3. The van der Waals surface area contributed by atoms with Crippen LogP contribution in [0, 0.1) is 0 Å². The van der Waals surface area contributed by atoms with Crippen molar-refractivity contribution in [2.45, 2.75) is 108 Å². The fraction of sp³-hybridized carbons (Fsp3) is 0.333. The Bertz CT molecular complexity index is 2600. The first-order valence-corrected chi connectivity index (χ1v) is 25.9. The van der Waals surface area contributed by atoms with Crippen LogP contribution in [0.3, 0.4) is 0 Å². The van der Waals surface area contributed by atoms with E-state index < -0.39 is 61.4 Å². The van der Waals surface area contributed by atoms with Crippen molar-refractivity contribution in [3.63, 3.8) is 0 Å². The maximum Gasteiger partial charge on any atom is 0.187 e. The fourth-order valence-electron chi connectivity index (χ4n) is 9.25. The van der Waals surface area contributed by atoms with Gasteiger partial charge >= 0.3 is 0 Å². The number of aliphatic hydroxyl groups is 1. The van der Waals surface area contributed by atoms with Crippen molar-refractivity contribution in [1.82, 2.24) is 0 Å². The lowest BCUT2D eigenvalue weighted by molar-refractivity contribution is -0.353. The summed E-state index contributed by atoms with van der Waals surface area (Å²) < 4.78 is 75.5. The van der Waals surface area contributed by atoms with Crippen LogP contribution >= 0.6 is 0 Å². The molecule has 2 fully saturated rings. The van der Waals surface area contributed by atoms with Gasteiger partial charge in [-0.2, -0.15) is 0 Å². The lowest BCUT2D eigenvalue weighted by Gasteiger charge is -2.48. The molecule has 1 N–H and O–H groups in total. The van der Waals surface area contributed by atoms with E-state index in [2.05, 4.69) is 0 Å². The molecule has 2 aliphatic heterocycles. The molecule has 9 rings (SSSR count). The highest BCUT2D eigenvalue weighted by molar-refractivity contribution is 5.19. The Hall–Kier alpha value is -5.94. The third-order valence-corrected chi connectivity index (χ3v) is 13.1. The number of aliphatic hydroxyl groups excluding tert-OH is 1. The van der Waals surface area contributed by atoms with Crippen LogP contribution in [0.2, 0.25) is 0 Å². The fourth-order valence-corrected chi connectivity index (χ4v) is 9.25. The predicted molar refractivity (Wildman–Crippen MR) is 283 cm³/mol. The Kier molecular flexibility index (Phi) is 21.1. The van der Waals surface area contributed by atoms with E-state index in [1.165, 1.54) is 0 Å². The Morgan fingerprint density at radius 3 is 0.867 bits per heavy atom. The summed E-state index contributed by atoms with van der Waals surface area (Å²) in [5.74, 6) is 0. The molecular weight excluding hydrogens is 949 g/mol. The van der Waals surface area contributed by atoms with Crippen molar-refractivity contribution in [2.24, 2.45) is 0 Å². The summed E-state index contributed by atoms with van der Waals surface area (Å²) in [4.78, 5) is 0. The van der Waals surface area contributed by atoms with Gasteiger partial charge < -0.3 is 57.2 Å². The molecule has 0 aromatic heterocycles. The zero-order valence-corrected chi connectivity index (χ0v) is 42.2. The van der Waals surface area contributed by atoms with Gasteiger partial charge in [0.1, 0.15) is 48.8 Å². The van der Waals surface area contributed by atoms with Crippen molar-refractivity contribution < 1.29 is 57.2 Å². The minimum Gasteiger partial charge on any atom is -0.394 e. The summed E-state index contributed by atoms with van der Waals surface area (Å²) in [6, 6.07) is 69.9. The molecule has 0 radical (unpaired) electrons. The van der Waals surface area contributed by atoms with Gasteiger partial charge in [-0.25, -0.2) is 0 Å². The lowest BCUT2D eigenvalue weighted by Crippen LogP contribution is -2.64. The quantitative estimate of drug-likeness (QED) is 0.0503. The molecule has 0 amide bonds. The Morgan fingerprint density at radius 1 is 0.280 bits per heavy atom. The van der Waals surface area contributed by atoms with Crippen LogP contribution < -0.4 is 0 Å². The summed E-state index contributed by atoms with van der Waals surface area (Å²) in [7, 11) is 0. The van der Waals surface area contributed by atoms with Gasteiger partial charge in [-0.15, -0.1) is 0 Å². The van der Waals surface area contributed by atoms with Gasteiger partial charge in [-0.1, -0.05) is 212 Å². The summed E-state index contributed by atoms with van der Waals surface area (Å²) in [5.41, 5.74) is 6.84. The largest absolute Gasteiger partial charge is 0.394 e. The second kappa shape index (κ2) is 29.4. The van der Waals surface area contributed by atoms with Crippen LogP contribution in [0.15, 0.2) is 212 Å². The van der Waals surface area contributed by atoms with E-state index in [-0.39, 0.29) is 66.1 Å². The topological polar surface area (TPSA) is 122 Å². The number of benzene rings is 7. The molecule has 12 nitrogen and oxygen atoms in total. The second-order valence-corrected chi connectivity index (χ2v) is 18.6. The predicted octanol–water partition coefficient (Wildman–Crippen LogP) is 10.2. The second-order valence-electron chi connectivity index (χ2n) is 18.6. The summed E-state index contributed by atoms with van der Waals surface area (Å²) in [5, 5.41) is 10.1. The number of hydrogen-bond acceptors (Lipinski definition) is 12. The van der Waals surface area contributed by atoms with Crippen LogP contribution in [-0.2, 0) is 98.4 Å². The zero-order valence-electron chi connectivity index (χ0n) is 42.2. The summed E-state index contributed by atoms with van der Waals surface area (Å²) >= 11 is 0. The van der Waals surface area contributed by atoms with Gasteiger partial charge in [0.2, 0.25) is 0 Å². The molecule has 12 heteroatoms. The van der Waals surface area contributed by atoms with Gasteiger partial charge in [0, 0.05) is 0 Å². The molecule has 392 valence electrons. The van der Waals surface area contributed by atoms with Crippen molar-refractivity contribution >= 4 is 0 Å². The highest BCUT2D eigenvalue weighted by atomic mass is 16.8. The molecule has 2 saturated heterocycles. The van der Waals surface area contributed by atoms with Gasteiger partial charge in [-0.3, -0.25) is 0 Å². The SMILES string of the molecule is OCCOC1OC(COC2OC(COCc3ccccc3)C(OCc3ccccc3)C(OCc3ccccc3)C2OCc2ccccc2)C(OCc2ccccc2)C(OCc2ccccc2)C1OCc1ccccc1. The van der Waals surface area contributed by atoms with E-state index in [4.69, 9.17) is 52.1 Å². The van der Waals surface area contributed by atoms with E-state index >= 15 is 0 Å². The molecule has 7 aromatic carbocycles. The molecule has 0 aliphatic carbocycles. The molecule has 0 saturated carbocycles. The third-order valence-electron chi connectivity index (χ3n) is 13.1. The average Bonchev–Trinajstić information content (AvgIpc) is 3.47. The zero-order chi connectivity index (χ0) is 51.1. The average molecular weight is 1020 g/mol. The van der Waals surface area contributed by atoms with E-state index in [9.17, 15) is 5.11 Å².